The third-order valence-electron chi connectivity index (χ3n) is 3.42. The Morgan fingerprint density at radius 1 is 1.40 bits per heavy atom. The van der Waals surface area contributed by atoms with E-state index in [0.29, 0.717) is 5.69 Å². The number of hydrogen-bond donors (Lipinski definition) is 2. The van der Waals surface area contributed by atoms with Gasteiger partial charge in [-0.05, 0) is 25.5 Å². The number of rotatable bonds is 2. The van der Waals surface area contributed by atoms with Gasteiger partial charge in [-0.15, -0.1) is 0 Å². The number of aryl methyl sites for hydroxylation is 1. The molecule has 0 aliphatic rings. The van der Waals surface area contributed by atoms with E-state index < -0.39 is 12.3 Å². The maximum atomic E-state index is 10.7. The highest BCUT2D eigenvalue weighted by Crippen LogP contribution is 2.32. The Balaban J connectivity index is 2.29. The first-order valence-corrected chi connectivity index (χ1v) is 6.33. The Kier molecular flexibility index (Phi) is 2.82. The molecule has 3 aromatic rings. The van der Waals surface area contributed by atoms with E-state index in [1.54, 1.807) is 13.1 Å². The van der Waals surface area contributed by atoms with Crippen LogP contribution in [0.4, 0.5) is 4.79 Å². The fraction of sp³-hybridized carbons (Fsp3) is 0.200. The van der Waals surface area contributed by atoms with Gasteiger partial charge < -0.3 is 14.8 Å². The lowest BCUT2D eigenvalue weighted by atomic mass is 10.1. The molecule has 0 saturated heterocycles. The van der Waals surface area contributed by atoms with Crippen LogP contribution in [-0.4, -0.2) is 21.2 Å². The second kappa shape index (κ2) is 4.52. The van der Waals surface area contributed by atoms with Crippen molar-refractivity contribution in [2.45, 2.75) is 20.0 Å². The van der Waals surface area contributed by atoms with Gasteiger partial charge in [-0.25, -0.2) is 4.79 Å². The maximum Gasteiger partial charge on any atom is 0.506 e. The van der Waals surface area contributed by atoms with Crippen LogP contribution in [0.5, 0.6) is 0 Å². The first-order chi connectivity index (χ1) is 9.58. The molecule has 0 aliphatic carbocycles. The highest BCUT2D eigenvalue weighted by molar-refractivity contribution is 6.09. The number of ether oxygens (including phenoxy) is 1. The largest absolute Gasteiger partial charge is 0.506 e. The van der Waals surface area contributed by atoms with Crippen LogP contribution in [0, 0.1) is 6.92 Å². The van der Waals surface area contributed by atoms with E-state index in [4.69, 9.17) is 9.84 Å². The van der Waals surface area contributed by atoms with Gasteiger partial charge in [0.05, 0.1) is 5.52 Å². The minimum atomic E-state index is -1.30. The first-order valence-electron chi connectivity index (χ1n) is 6.33. The zero-order chi connectivity index (χ0) is 14.3. The van der Waals surface area contributed by atoms with Gasteiger partial charge in [-0.2, -0.15) is 0 Å². The number of H-pyrrole nitrogens is 1. The topological polar surface area (TPSA) is 75.2 Å². The molecule has 0 bridgehead atoms. The number of nitrogens with one attached hydrogen (secondary N) is 1. The van der Waals surface area contributed by atoms with Crippen molar-refractivity contribution in [3.05, 3.63) is 41.7 Å². The summed E-state index contributed by atoms with van der Waals surface area (Å²) in [7, 11) is 0. The van der Waals surface area contributed by atoms with Gasteiger partial charge in [0.15, 0.2) is 0 Å². The summed E-state index contributed by atoms with van der Waals surface area (Å²) < 4.78 is 4.81. The Hall–Kier alpha value is -2.56. The van der Waals surface area contributed by atoms with Crippen LogP contribution in [0.25, 0.3) is 21.8 Å². The number of aromatic amines is 1. The van der Waals surface area contributed by atoms with Crippen molar-refractivity contribution in [1.82, 2.24) is 9.97 Å². The van der Waals surface area contributed by atoms with E-state index in [1.807, 2.05) is 31.2 Å². The van der Waals surface area contributed by atoms with E-state index >= 15 is 0 Å². The van der Waals surface area contributed by atoms with Crippen molar-refractivity contribution in [3.63, 3.8) is 0 Å². The third-order valence-corrected chi connectivity index (χ3v) is 3.42. The normalized spacial score (nSPS) is 12.7. The van der Waals surface area contributed by atoms with Gasteiger partial charge in [-0.1, -0.05) is 18.2 Å². The molecule has 20 heavy (non-hydrogen) atoms. The molecule has 2 N–H and O–H groups in total. The van der Waals surface area contributed by atoms with Crippen molar-refractivity contribution in [2.75, 3.05) is 0 Å². The smallest absolute Gasteiger partial charge is 0.450 e. The van der Waals surface area contributed by atoms with Crippen LogP contribution in [0.1, 0.15) is 24.3 Å². The molecule has 102 valence electrons. The van der Waals surface area contributed by atoms with Crippen LogP contribution >= 0.6 is 0 Å². The number of para-hydroxylation sites is 1. The van der Waals surface area contributed by atoms with Crippen LogP contribution in [0.15, 0.2) is 30.5 Å². The molecule has 1 unspecified atom stereocenters. The van der Waals surface area contributed by atoms with E-state index in [1.165, 1.54) is 0 Å². The number of hydrogen-bond acceptors (Lipinski definition) is 3. The summed E-state index contributed by atoms with van der Waals surface area (Å²) in [5.74, 6) is 0. The Bertz CT molecular complexity index is 807. The summed E-state index contributed by atoms with van der Waals surface area (Å²) in [6.45, 7) is 3.67. The minimum absolute atomic E-state index is 0.601. The molecule has 3 rings (SSSR count). The minimum Gasteiger partial charge on any atom is -0.450 e. The average molecular weight is 270 g/mol. The highest BCUT2D eigenvalue weighted by atomic mass is 16.7. The number of nitrogens with zero attached hydrogens (tertiary/aromatic N) is 1. The molecule has 0 amide bonds. The zero-order valence-corrected chi connectivity index (χ0v) is 11.2. The summed E-state index contributed by atoms with van der Waals surface area (Å²) in [5.41, 5.74) is 3.48. The third kappa shape index (κ3) is 1.87. The summed E-state index contributed by atoms with van der Waals surface area (Å²) in [6.07, 6.45) is -0.174. The molecule has 0 radical (unpaired) electrons. The SMILES string of the molecule is Cc1cnc(C(C)OC(=O)O)c2[nH]c3ccccc3c12. The molecule has 5 nitrogen and oxygen atoms in total. The lowest BCUT2D eigenvalue weighted by molar-refractivity contribution is 0.0576. The quantitative estimate of drug-likeness (QED) is 0.695. The van der Waals surface area contributed by atoms with E-state index in [2.05, 4.69) is 9.97 Å². The van der Waals surface area contributed by atoms with E-state index in [-0.39, 0.29) is 0 Å². The van der Waals surface area contributed by atoms with Crippen LogP contribution < -0.4 is 0 Å². The Morgan fingerprint density at radius 3 is 2.90 bits per heavy atom. The summed E-state index contributed by atoms with van der Waals surface area (Å²) >= 11 is 0. The molecular weight excluding hydrogens is 256 g/mol. The van der Waals surface area contributed by atoms with Crippen LogP contribution in [0.3, 0.4) is 0 Å². The van der Waals surface area contributed by atoms with Gasteiger partial charge in [0.2, 0.25) is 0 Å². The molecule has 2 heterocycles. The van der Waals surface area contributed by atoms with Crippen molar-refractivity contribution in [2.24, 2.45) is 0 Å². The zero-order valence-electron chi connectivity index (χ0n) is 11.2. The monoisotopic (exact) mass is 270 g/mol. The first kappa shape index (κ1) is 12.5. The van der Waals surface area contributed by atoms with Crippen molar-refractivity contribution in [3.8, 4) is 0 Å². The van der Waals surface area contributed by atoms with E-state index in [0.717, 1.165) is 27.4 Å². The maximum absolute atomic E-state index is 10.7. The number of benzene rings is 1. The second-order valence-corrected chi connectivity index (χ2v) is 4.77. The molecule has 0 saturated carbocycles. The summed E-state index contributed by atoms with van der Waals surface area (Å²) in [5, 5.41) is 10.9. The Labute approximate surface area is 115 Å². The van der Waals surface area contributed by atoms with Gasteiger partial charge >= 0.3 is 6.16 Å². The highest BCUT2D eigenvalue weighted by Gasteiger charge is 2.18. The lowest BCUT2D eigenvalue weighted by Gasteiger charge is -2.11. The molecular formula is C15H14N2O3. The summed E-state index contributed by atoms with van der Waals surface area (Å²) in [6, 6.07) is 7.96. The van der Waals surface area contributed by atoms with Crippen LogP contribution in [-0.2, 0) is 4.74 Å². The van der Waals surface area contributed by atoms with Gasteiger partial charge in [0.1, 0.15) is 11.8 Å². The molecule has 5 heteroatoms. The van der Waals surface area contributed by atoms with Gasteiger partial charge in [0, 0.05) is 22.5 Å². The average Bonchev–Trinajstić information content (AvgIpc) is 2.78. The summed E-state index contributed by atoms with van der Waals surface area (Å²) in [4.78, 5) is 18.3. The molecule has 1 aromatic carbocycles. The second-order valence-electron chi connectivity index (χ2n) is 4.77. The Morgan fingerprint density at radius 2 is 2.15 bits per heavy atom. The number of carbonyl (C=O) groups is 1. The molecule has 2 aromatic heterocycles. The fourth-order valence-corrected chi connectivity index (χ4v) is 2.55. The number of pyridine rings is 1. The number of fused-ring (bicyclic) bond motifs is 3. The van der Waals surface area contributed by atoms with Crippen molar-refractivity contribution < 1.29 is 14.6 Å². The van der Waals surface area contributed by atoms with Gasteiger partial charge in [-0.3, -0.25) is 4.98 Å². The molecule has 1 atom stereocenters. The molecule has 0 fully saturated rings. The predicted octanol–water partition coefficient (Wildman–Crippen LogP) is 3.78. The van der Waals surface area contributed by atoms with Gasteiger partial charge in [0.25, 0.3) is 0 Å². The van der Waals surface area contributed by atoms with Crippen molar-refractivity contribution in [1.29, 1.82) is 0 Å². The van der Waals surface area contributed by atoms with E-state index in [9.17, 15) is 4.79 Å². The molecule has 0 spiro atoms. The number of carboxylic acid groups (broad SMARTS) is 1. The molecule has 0 aliphatic heterocycles. The lowest BCUT2D eigenvalue weighted by Crippen LogP contribution is -2.08. The van der Waals surface area contributed by atoms with Crippen molar-refractivity contribution >= 4 is 28.0 Å². The van der Waals surface area contributed by atoms with Crippen LogP contribution in [0.2, 0.25) is 0 Å². The fourth-order valence-electron chi connectivity index (χ4n) is 2.55. The number of aromatic nitrogens is 2. The predicted molar refractivity (Wildman–Crippen MR) is 75.9 cm³/mol. The standard InChI is InChI=1S/C15H14N2O3/c1-8-7-16-13(9(2)20-15(18)19)14-12(8)10-5-3-4-6-11(10)17-14/h3-7,9,17H,1-2H3,(H,18,19).